The van der Waals surface area contributed by atoms with Crippen LogP contribution < -0.4 is 10.6 Å². The van der Waals surface area contributed by atoms with Gasteiger partial charge in [0.15, 0.2) is 0 Å². The van der Waals surface area contributed by atoms with Gasteiger partial charge in [0.05, 0.1) is 9.79 Å². The van der Waals surface area contributed by atoms with Crippen LogP contribution in [0.2, 0.25) is 0 Å². The highest BCUT2D eigenvalue weighted by Crippen LogP contribution is 2.24. The monoisotopic (exact) mass is 444 g/mol. The van der Waals surface area contributed by atoms with Crippen LogP contribution in [0.15, 0.2) is 58.3 Å². The Bertz CT molecular complexity index is 879. The molecule has 0 aliphatic carbocycles. The maximum atomic E-state index is 12.9. The van der Waals surface area contributed by atoms with Gasteiger partial charge in [-0.2, -0.15) is 0 Å². The Morgan fingerprint density at radius 2 is 1.00 bits per heavy atom. The summed E-state index contributed by atoms with van der Waals surface area (Å²) in [5.41, 5.74) is 1.14. The maximum Gasteiger partial charge on any atom is 0.224 e. The van der Waals surface area contributed by atoms with Crippen LogP contribution in [0, 0.1) is 0 Å². The van der Waals surface area contributed by atoms with Crippen LogP contribution in [0.1, 0.15) is 65.2 Å². The summed E-state index contributed by atoms with van der Waals surface area (Å²) in [6.45, 7) is 4.16. The molecule has 6 nitrogen and oxygen atoms in total. The van der Waals surface area contributed by atoms with E-state index in [1.807, 2.05) is 0 Å². The summed E-state index contributed by atoms with van der Waals surface area (Å²) >= 11 is 0. The zero-order chi connectivity index (χ0) is 22.7. The first-order chi connectivity index (χ1) is 14.9. The van der Waals surface area contributed by atoms with E-state index in [0.717, 1.165) is 38.5 Å². The molecule has 0 fully saturated rings. The van der Waals surface area contributed by atoms with Crippen molar-refractivity contribution in [3.8, 4) is 0 Å². The van der Waals surface area contributed by atoms with Gasteiger partial charge in [0.1, 0.15) is 0 Å². The first kappa shape index (κ1) is 24.6. The SMILES string of the molecule is CCCCCC(=O)Nc1ccc(S(=O)(=O)c2ccc(NC(=O)CCCCC)cc2)cc1. The molecule has 0 radical (unpaired) electrons. The number of anilines is 2. The molecule has 0 aromatic heterocycles. The van der Waals surface area contributed by atoms with Crippen LogP contribution in [-0.2, 0) is 19.4 Å². The van der Waals surface area contributed by atoms with Crippen molar-refractivity contribution in [1.82, 2.24) is 0 Å². The Balaban J connectivity index is 1.99. The number of benzene rings is 2. The van der Waals surface area contributed by atoms with E-state index < -0.39 is 9.84 Å². The second-order valence-corrected chi connectivity index (χ2v) is 9.51. The molecule has 2 amide bonds. The number of amides is 2. The summed E-state index contributed by atoms with van der Waals surface area (Å²) in [7, 11) is -3.69. The summed E-state index contributed by atoms with van der Waals surface area (Å²) < 4.78 is 25.7. The lowest BCUT2D eigenvalue weighted by Gasteiger charge is -2.09. The standard InChI is InChI=1S/C24H32N2O4S/c1-3-5-7-9-23(27)25-19-11-15-21(16-12-19)31(29,30)22-17-13-20(14-18-22)26-24(28)10-8-6-4-2/h11-18H,3-10H2,1-2H3,(H,25,27)(H,26,28). The Kier molecular flexibility index (Phi) is 9.72. The number of hydrogen-bond donors (Lipinski definition) is 2. The minimum atomic E-state index is -3.69. The van der Waals surface area contributed by atoms with Crippen molar-refractivity contribution >= 4 is 33.0 Å². The molecule has 31 heavy (non-hydrogen) atoms. The molecule has 0 aliphatic heterocycles. The minimum Gasteiger partial charge on any atom is -0.326 e. The molecule has 0 spiro atoms. The van der Waals surface area contributed by atoms with Crippen molar-refractivity contribution in [3.05, 3.63) is 48.5 Å². The summed E-state index contributed by atoms with van der Waals surface area (Å²) in [6, 6.07) is 12.3. The third kappa shape index (κ3) is 7.83. The van der Waals surface area contributed by atoms with Crippen molar-refractivity contribution in [2.45, 2.75) is 75.0 Å². The van der Waals surface area contributed by atoms with Gasteiger partial charge < -0.3 is 10.6 Å². The van der Waals surface area contributed by atoms with E-state index in [1.165, 1.54) is 24.3 Å². The first-order valence-electron chi connectivity index (χ1n) is 10.9. The fourth-order valence-corrected chi connectivity index (χ4v) is 4.35. The van der Waals surface area contributed by atoms with Gasteiger partial charge in [-0.05, 0) is 61.4 Å². The molecule has 2 N–H and O–H groups in total. The topological polar surface area (TPSA) is 92.3 Å². The lowest BCUT2D eigenvalue weighted by molar-refractivity contribution is -0.117. The molecule has 0 unspecified atom stereocenters. The van der Waals surface area contributed by atoms with Gasteiger partial charge in [-0.3, -0.25) is 9.59 Å². The first-order valence-corrected chi connectivity index (χ1v) is 12.4. The quantitative estimate of drug-likeness (QED) is 0.419. The normalized spacial score (nSPS) is 11.2. The fourth-order valence-electron chi connectivity index (χ4n) is 3.09. The van der Waals surface area contributed by atoms with E-state index in [4.69, 9.17) is 0 Å². The fraction of sp³-hybridized carbons (Fsp3) is 0.417. The second-order valence-electron chi connectivity index (χ2n) is 7.56. The van der Waals surface area contributed by atoms with Crippen LogP contribution in [0.4, 0.5) is 11.4 Å². The molecular weight excluding hydrogens is 412 g/mol. The predicted octanol–water partition coefficient (Wildman–Crippen LogP) is 5.56. The summed E-state index contributed by atoms with van der Waals surface area (Å²) in [4.78, 5) is 24.1. The molecule has 168 valence electrons. The van der Waals surface area contributed by atoms with E-state index in [1.54, 1.807) is 24.3 Å². The van der Waals surface area contributed by atoms with E-state index in [0.29, 0.717) is 24.2 Å². The highest BCUT2D eigenvalue weighted by molar-refractivity contribution is 7.91. The Hall–Kier alpha value is -2.67. The highest BCUT2D eigenvalue weighted by Gasteiger charge is 2.18. The molecule has 0 saturated heterocycles. The van der Waals surface area contributed by atoms with Gasteiger partial charge in [0, 0.05) is 24.2 Å². The van der Waals surface area contributed by atoms with E-state index in [9.17, 15) is 18.0 Å². The number of rotatable bonds is 12. The smallest absolute Gasteiger partial charge is 0.224 e. The van der Waals surface area contributed by atoms with Gasteiger partial charge >= 0.3 is 0 Å². The van der Waals surface area contributed by atoms with Crippen molar-refractivity contribution in [2.75, 3.05) is 10.6 Å². The molecule has 0 atom stereocenters. The average molecular weight is 445 g/mol. The van der Waals surface area contributed by atoms with E-state index in [-0.39, 0.29) is 21.6 Å². The third-order valence-corrected chi connectivity index (χ3v) is 6.70. The van der Waals surface area contributed by atoms with Crippen LogP contribution in [0.3, 0.4) is 0 Å². The van der Waals surface area contributed by atoms with Crippen molar-refractivity contribution in [2.24, 2.45) is 0 Å². The number of hydrogen-bond acceptors (Lipinski definition) is 4. The van der Waals surface area contributed by atoms with Gasteiger partial charge in [0.2, 0.25) is 21.7 Å². The van der Waals surface area contributed by atoms with Crippen LogP contribution in [0.25, 0.3) is 0 Å². The molecule has 2 rings (SSSR count). The highest BCUT2D eigenvalue weighted by atomic mass is 32.2. The number of nitrogens with one attached hydrogen (secondary N) is 2. The molecule has 7 heteroatoms. The minimum absolute atomic E-state index is 0.0728. The van der Waals surface area contributed by atoms with Gasteiger partial charge in [-0.25, -0.2) is 8.42 Å². The second kappa shape index (κ2) is 12.2. The molecule has 2 aromatic rings. The molecule has 0 aliphatic rings. The average Bonchev–Trinajstić information content (AvgIpc) is 2.75. The van der Waals surface area contributed by atoms with Crippen LogP contribution in [-0.4, -0.2) is 20.2 Å². The Morgan fingerprint density at radius 3 is 1.32 bits per heavy atom. The molecule has 0 bridgehead atoms. The van der Waals surface area contributed by atoms with Crippen molar-refractivity contribution in [3.63, 3.8) is 0 Å². The summed E-state index contributed by atoms with van der Waals surface area (Å²) in [6.07, 6.45) is 6.69. The molecule has 0 saturated carbocycles. The van der Waals surface area contributed by atoms with E-state index in [2.05, 4.69) is 24.5 Å². The van der Waals surface area contributed by atoms with Crippen molar-refractivity contribution in [1.29, 1.82) is 0 Å². The predicted molar refractivity (Wildman–Crippen MR) is 124 cm³/mol. The Morgan fingerprint density at radius 1 is 0.645 bits per heavy atom. The van der Waals surface area contributed by atoms with Crippen LogP contribution in [0.5, 0.6) is 0 Å². The zero-order valence-electron chi connectivity index (χ0n) is 18.3. The van der Waals surface area contributed by atoms with Gasteiger partial charge in [-0.1, -0.05) is 39.5 Å². The number of carbonyl (C=O) groups excluding carboxylic acids is 2. The molecule has 0 heterocycles. The van der Waals surface area contributed by atoms with Crippen LogP contribution >= 0.6 is 0 Å². The van der Waals surface area contributed by atoms with Gasteiger partial charge in [-0.15, -0.1) is 0 Å². The van der Waals surface area contributed by atoms with E-state index >= 15 is 0 Å². The zero-order valence-corrected chi connectivity index (χ0v) is 19.1. The largest absolute Gasteiger partial charge is 0.326 e. The lowest BCUT2D eigenvalue weighted by Crippen LogP contribution is -2.11. The number of unbranched alkanes of at least 4 members (excludes halogenated alkanes) is 4. The maximum absolute atomic E-state index is 12.9. The summed E-state index contributed by atoms with van der Waals surface area (Å²) in [5.74, 6) is -0.146. The lowest BCUT2D eigenvalue weighted by atomic mass is 10.2. The van der Waals surface area contributed by atoms with Crippen molar-refractivity contribution < 1.29 is 18.0 Å². The molecule has 2 aromatic carbocycles. The Labute approximate surface area is 185 Å². The number of carbonyl (C=O) groups is 2. The summed E-state index contributed by atoms with van der Waals surface area (Å²) in [5, 5.41) is 5.58. The van der Waals surface area contributed by atoms with Gasteiger partial charge in [0.25, 0.3) is 0 Å². The number of sulfone groups is 1. The molecular formula is C24H32N2O4S. The third-order valence-electron chi connectivity index (χ3n) is 4.91.